The van der Waals surface area contributed by atoms with Gasteiger partial charge in [0.05, 0.1) is 16.1 Å². The highest BCUT2D eigenvalue weighted by Crippen LogP contribution is 2.48. The number of phenols is 1. The van der Waals surface area contributed by atoms with Crippen molar-refractivity contribution in [3.63, 3.8) is 0 Å². The molecule has 0 aliphatic carbocycles. The average molecular weight is 455 g/mol. The van der Waals surface area contributed by atoms with Crippen molar-refractivity contribution in [2.24, 2.45) is 0 Å². The van der Waals surface area contributed by atoms with Gasteiger partial charge in [0.1, 0.15) is 18.1 Å². The lowest BCUT2D eigenvalue weighted by Gasteiger charge is -2.39. The number of hydrogen-bond acceptors (Lipinski definition) is 4. The Hall–Kier alpha value is -2.35. The SMILES string of the molecule is C=CC(=O)N1CCN2Cc3c(F)c(F)c(-c4c(O)cccc4Cl)c(Cl)c3OC[C@H]2C1. The van der Waals surface area contributed by atoms with E-state index < -0.39 is 11.6 Å². The number of fused-ring (bicyclic) bond motifs is 2. The molecule has 2 aliphatic heterocycles. The number of piperazine rings is 1. The molecule has 158 valence electrons. The van der Waals surface area contributed by atoms with Crippen molar-refractivity contribution in [2.45, 2.75) is 12.6 Å². The number of ether oxygens (including phenoxy) is 1. The number of nitrogens with zero attached hydrogens (tertiary/aromatic N) is 2. The molecule has 0 aromatic heterocycles. The molecule has 2 aromatic carbocycles. The second kappa shape index (κ2) is 8.06. The third-order valence-corrected chi connectivity index (χ3v) is 6.16. The van der Waals surface area contributed by atoms with E-state index in [4.69, 9.17) is 27.9 Å². The smallest absolute Gasteiger partial charge is 0.246 e. The van der Waals surface area contributed by atoms with Crippen LogP contribution >= 0.6 is 23.2 Å². The molecule has 0 radical (unpaired) electrons. The van der Waals surface area contributed by atoms with Crippen molar-refractivity contribution >= 4 is 29.1 Å². The molecule has 2 heterocycles. The van der Waals surface area contributed by atoms with E-state index in [1.54, 1.807) is 4.90 Å². The zero-order valence-electron chi connectivity index (χ0n) is 15.8. The van der Waals surface area contributed by atoms with Gasteiger partial charge in [-0.3, -0.25) is 9.69 Å². The van der Waals surface area contributed by atoms with Crippen molar-refractivity contribution < 1.29 is 23.4 Å². The van der Waals surface area contributed by atoms with E-state index in [0.29, 0.717) is 19.6 Å². The summed E-state index contributed by atoms with van der Waals surface area (Å²) in [5, 5.41) is 10.1. The average Bonchev–Trinajstić information content (AvgIpc) is 2.93. The first-order chi connectivity index (χ1) is 14.3. The first kappa shape index (κ1) is 20.9. The van der Waals surface area contributed by atoms with Gasteiger partial charge in [0, 0.05) is 42.9 Å². The zero-order valence-corrected chi connectivity index (χ0v) is 17.3. The number of halogens is 4. The lowest BCUT2D eigenvalue weighted by Crippen LogP contribution is -2.55. The second-order valence-electron chi connectivity index (χ2n) is 7.18. The summed E-state index contributed by atoms with van der Waals surface area (Å²) < 4.78 is 36.0. The van der Waals surface area contributed by atoms with Gasteiger partial charge < -0.3 is 14.7 Å². The number of carbonyl (C=O) groups excluding carboxylic acids is 1. The fourth-order valence-corrected chi connectivity index (χ4v) is 4.54. The third kappa shape index (κ3) is 3.41. The highest BCUT2D eigenvalue weighted by atomic mass is 35.5. The van der Waals surface area contributed by atoms with Gasteiger partial charge in [-0.15, -0.1) is 0 Å². The van der Waals surface area contributed by atoms with Gasteiger partial charge in [-0.2, -0.15) is 0 Å². The molecule has 0 bridgehead atoms. The highest BCUT2D eigenvalue weighted by Gasteiger charge is 2.36. The van der Waals surface area contributed by atoms with Gasteiger partial charge >= 0.3 is 0 Å². The van der Waals surface area contributed by atoms with E-state index >= 15 is 8.78 Å². The van der Waals surface area contributed by atoms with E-state index in [1.165, 1.54) is 24.3 Å². The highest BCUT2D eigenvalue weighted by molar-refractivity contribution is 6.37. The Bertz CT molecular complexity index is 1030. The molecule has 1 N–H and O–H groups in total. The van der Waals surface area contributed by atoms with Crippen LogP contribution in [0.25, 0.3) is 11.1 Å². The van der Waals surface area contributed by atoms with Crippen molar-refractivity contribution in [3.8, 4) is 22.6 Å². The third-order valence-electron chi connectivity index (χ3n) is 5.48. The summed E-state index contributed by atoms with van der Waals surface area (Å²) in [5.74, 6) is -2.81. The maximum absolute atomic E-state index is 15.1. The Morgan fingerprint density at radius 2 is 2.00 bits per heavy atom. The Balaban J connectivity index is 1.77. The Labute approximate surface area is 182 Å². The molecular formula is C21H18Cl2F2N2O3. The standard InChI is InChI=1S/C21H18Cl2F2N2O3/c1-2-15(29)27-7-6-26-9-12-19(24)20(25)17(16-13(22)4-3-5-14(16)28)18(23)21(12)30-10-11(26)8-27/h2-5,11,28H,1,6-10H2/t11-/m1/s1. The fraction of sp³-hybridized carbons (Fsp3) is 0.286. The number of rotatable bonds is 2. The fourth-order valence-electron chi connectivity index (χ4n) is 3.93. The number of phenolic OH excluding ortho intramolecular Hbond substituents is 1. The Kier molecular flexibility index (Phi) is 5.61. The predicted octanol–water partition coefficient (Wildman–Crippen LogP) is 4.24. The van der Waals surface area contributed by atoms with Gasteiger partial charge in [-0.05, 0) is 18.2 Å². The predicted molar refractivity (Wildman–Crippen MR) is 110 cm³/mol. The van der Waals surface area contributed by atoms with E-state index in [1.807, 2.05) is 4.90 Å². The zero-order chi connectivity index (χ0) is 21.6. The summed E-state index contributed by atoms with van der Waals surface area (Å²) >= 11 is 12.6. The maximum Gasteiger partial charge on any atom is 0.246 e. The monoisotopic (exact) mass is 454 g/mol. The number of aromatic hydroxyl groups is 1. The van der Waals surface area contributed by atoms with Crippen molar-refractivity contribution in [2.75, 3.05) is 26.2 Å². The molecule has 0 unspecified atom stereocenters. The lowest BCUT2D eigenvalue weighted by atomic mass is 9.99. The number of benzene rings is 2. The molecule has 4 rings (SSSR count). The lowest BCUT2D eigenvalue weighted by molar-refractivity contribution is -0.129. The molecule has 0 spiro atoms. The van der Waals surface area contributed by atoms with Crippen LogP contribution in [-0.2, 0) is 11.3 Å². The normalized spacial score (nSPS) is 18.8. The molecule has 5 nitrogen and oxygen atoms in total. The molecular weight excluding hydrogens is 437 g/mol. The number of carbonyl (C=O) groups is 1. The number of hydrogen-bond donors (Lipinski definition) is 1. The molecule has 2 aromatic rings. The largest absolute Gasteiger partial charge is 0.507 e. The molecule has 0 saturated carbocycles. The molecule has 1 atom stereocenters. The van der Waals surface area contributed by atoms with Gasteiger partial charge in [-0.25, -0.2) is 8.78 Å². The van der Waals surface area contributed by atoms with Crippen LogP contribution in [0.3, 0.4) is 0 Å². The summed E-state index contributed by atoms with van der Waals surface area (Å²) in [7, 11) is 0. The van der Waals surface area contributed by atoms with Gasteiger partial charge in [0.25, 0.3) is 0 Å². The molecule has 1 amide bonds. The minimum atomic E-state index is -1.20. The van der Waals surface area contributed by atoms with Crippen LogP contribution in [0.4, 0.5) is 8.78 Å². The molecule has 1 fully saturated rings. The summed E-state index contributed by atoms with van der Waals surface area (Å²) in [4.78, 5) is 15.5. The molecule has 9 heteroatoms. The maximum atomic E-state index is 15.1. The summed E-state index contributed by atoms with van der Waals surface area (Å²) in [6.07, 6.45) is 1.25. The van der Waals surface area contributed by atoms with Gasteiger partial charge in [-0.1, -0.05) is 35.8 Å². The first-order valence-electron chi connectivity index (χ1n) is 9.28. The number of amides is 1. The van der Waals surface area contributed by atoms with E-state index in [-0.39, 0.29) is 63.3 Å². The first-order valence-corrected chi connectivity index (χ1v) is 10.0. The topological polar surface area (TPSA) is 53.0 Å². The molecule has 30 heavy (non-hydrogen) atoms. The van der Waals surface area contributed by atoms with Crippen LogP contribution in [0.15, 0.2) is 30.9 Å². The van der Waals surface area contributed by atoms with Crippen LogP contribution < -0.4 is 4.74 Å². The van der Waals surface area contributed by atoms with E-state index in [2.05, 4.69) is 6.58 Å². The molecule has 1 saturated heterocycles. The minimum absolute atomic E-state index is 0.00112. The minimum Gasteiger partial charge on any atom is -0.507 e. The van der Waals surface area contributed by atoms with Crippen LogP contribution in [0.5, 0.6) is 11.5 Å². The summed E-state index contributed by atoms with van der Waals surface area (Å²) in [5.41, 5.74) is -0.449. The van der Waals surface area contributed by atoms with E-state index in [0.717, 1.165) is 0 Å². The molecule has 2 aliphatic rings. The Morgan fingerprint density at radius 1 is 1.23 bits per heavy atom. The quantitative estimate of drug-likeness (QED) is 0.544. The van der Waals surface area contributed by atoms with Gasteiger partial charge in [0.2, 0.25) is 5.91 Å². The summed E-state index contributed by atoms with van der Waals surface area (Å²) in [6, 6.07) is 4.03. The van der Waals surface area contributed by atoms with Crippen molar-refractivity contribution in [1.29, 1.82) is 0 Å². The van der Waals surface area contributed by atoms with Crippen LogP contribution in [0, 0.1) is 11.6 Å². The second-order valence-corrected chi connectivity index (χ2v) is 7.97. The summed E-state index contributed by atoms with van der Waals surface area (Å²) in [6.45, 7) is 5.00. The van der Waals surface area contributed by atoms with Crippen molar-refractivity contribution in [3.05, 3.63) is 58.1 Å². The van der Waals surface area contributed by atoms with Gasteiger partial charge in [0.15, 0.2) is 11.6 Å². The van der Waals surface area contributed by atoms with E-state index in [9.17, 15) is 9.90 Å². The Morgan fingerprint density at radius 3 is 2.70 bits per heavy atom. The van der Waals surface area contributed by atoms with Crippen molar-refractivity contribution in [1.82, 2.24) is 9.80 Å². The van der Waals surface area contributed by atoms with Crippen LogP contribution in [-0.4, -0.2) is 53.1 Å². The van der Waals surface area contributed by atoms with Crippen LogP contribution in [0.1, 0.15) is 5.56 Å². The van der Waals surface area contributed by atoms with Crippen LogP contribution in [0.2, 0.25) is 10.0 Å².